The van der Waals surface area contributed by atoms with Gasteiger partial charge in [0.25, 0.3) is 0 Å². The Kier molecular flexibility index (Phi) is 8.14. The molecule has 1 aromatic carbocycles. The molecule has 4 unspecified atom stereocenters. The number of anilines is 1. The SMILES string of the molecule is CC(C)(C)OC(=O)[C@@H]1CC[C@@](CC#N)(N2NC(Nc3ccc(C(O)C(F)(F)F)cc3)C3C(=O)NCCC32)CO1. The Morgan fingerprint density at radius 3 is 2.56 bits per heavy atom. The van der Waals surface area contributed by atoms with Crippen LogP contribution < -0.4 is 16.1 Å². The van der Waals surface area contributed by atoms with Crippen molar-refractivity contribution in [3.8, 4) is 6.07 Å². The number of rotatable bonds is 6. The monoisotopic (exact) mass is 553 g/mol. The van der Waals surface area contributed by atoms with E-state index in [0.29, 0.717) is 31.5 Å². The van der Waals surface area contributed by atoms with Crippen LogP contribution in [-0.4, -0.2) is 70.8 Å². The van der Waals surface area contributed by atoms with Gasteiger partial charge >= 0.3 is 12.1 Å². The fraction of sp³-hybridized carbons (Fsp3) is 0.654. The lowest BCUT2D eigenvalue weighted by molar-refractivity contribution is -0.206. The summed E-state index contributed by atoms with van der Waals surface area (Å²) in [5.41, 5.74) is 2.01. The number of alkyl halides is 3. The third-order valence-corrected chi connectivity index (χ3v) is 7.30. The molecule has 3 aliphatic rings. The molecule has 4 rings (SSSR count). The van der Waals surface area contributed by atoms with Gasteiger partial charge in [-0.15, -0.1) is 0 Å². The lowest BCUT2D eigenvalue weighted by atomic mass is 9.83. The van der Waals surface area contributed by atoms with E-state index in [2.05, 4.69) is 22.1 Å². The number of carbonyl (C=O) groups excluding carboxylic acids is 2. The minimum atomic E-state index is -4.78. The molecule has 0 aromatic heterocycles. The molecule has 1 amide bonds. The van der Waals surface area contributed by atoms with E-state index >= 15 is 0 Å². The highest BCUT2D eigenvalue weighted by Gasteiger charge is 2.56. The summed E-state index contributed by atoms with van der Waals surface area (Å²) in [6, 6.07) is 7.09. The number of carbonyl (C=O) groups is 2. The second-order valence-electron chi connectivity index (χ2n) is 11.3. The maximum atomic E-state index is 13.0. The minimum absolute atomic E-state index is 0.0685. The summed E-state index contributed by atoms with van der Waals surface area (Å²) in [5.74, 6) is -1.23. The maximum Gasteiger partial charge on any atom is 0.418 e. The quantitative estimate of drug-likeness (QED) is 0.392. The molecule has 3 saturated heterocycles. The van der Waals surface area contributed by atoms with Crippen LogP contribution in [-0.2, 0) is 19.1 Å². The first-order valence-corrected chi connectivity index (χ1v) is 12.9. The molecule has 3 heterocycles. The first-order valence-electron chi connectivity index (χ1n) is 12.9. The van der Waals surface area contributed by atoms with E-state index in [1.54, 1.807) is 20.8 Å². The van der Waals surface area contributed by atoms with Crippen molar-refractivity contribution in [2.75, 3.05) is 18.5 Å². The number of aliphatic hydroxyl groups is 1. The lowest BCUT2D eigenvalue weighted by Gasteiger charge is -2.47. The van der Waals surface area contributed by atoms with Gasteiger partial charge in [-0.3, -0.25) is 4.79 Å². The molecule has 0 radical (unpaired) electrons. The van der Waals surface area contributed by atoms with Gasteiger partial charge in [-0.05, 0) is 57.7 Å². The van der Waals surface area contributed by atoms with Crippen LogP contribution in [0.25, 0.3) is 0 Å². The summed E-state index contributed by atoms with van der Waals surface area (Å²) < 4.78 is 50.0. The normalized spacial score (nSPS) is 30.6. The van der Waals surface area contributed by atoms with Gasteiger partial charge in [0.15, 0.2) is 12.2 Å². The minimum Gasteiger partial charge on any atom is -0.458 e. The zero-order chi connectivity index (χ0) is 28.6. The number of nitrogens with zero attached hydrogens (tertiary/aromatic N) is 2. The van der Waals surface area contributed by atoms with Crippen LogP contribution >= 0.6 is 0 Å². The van der Waals surface area contributed by atoms with Crippen LogP contribution in [0, 0.1) is 17.2 Å². The van der Waals surface area contributed by atoms with E-state index < -0.39 is 47.6 Å². The average molecular weight is 554 g/mol. The molecule has 0 spiro atoms. The van der Waals surface area contributed by atoms with Gasteiger partial charge < -0.3 is 25.2 Å². The Bertz CT molecular complexity index is 1090. The number of fused-ring (bicyclic) bond motifs is 1. The largest absolute Gasteiger partial charge is 0.458 e. The molecule has 0 aliphatic carbocycles. The Morgan fingerprint density at radius 1 is 1.31 bits per heavy atom. The number of hydrogen-bond acceptors (Lipinski definition) is 9. The van der Waals surface area contributed by atoms with E-state index in [0.717, 1.165) is 0 Å². The Labute approximate surface area is 224 Å². The number of aliphatic hydroxyl groups excluding tert-OH is 1. The molecule has 214 valence electrons. The van der Waals surface area contributed by atoms with E-state index in [1.165, 1.54) is 24.3 Å². The van der Waals surface area contributed by atoms with Crippen molar-refractivity contribution >= 4 is 17.6 Å². The molecule has 10 nitrogen and oxygen atoms in total. The first kappa shape index (κ1) is 29.1. The fourth-order valence-electron chi connectivity index (χ4n) is 5.47. The van der Waals surface area contributed by atoms with Gasteiger partial charge in [0.05, 0.1) is 30.6 Å². The smallest absolute Gasteiger partial charge is 0.418 e. The number of hydrazine groups is 1. The summed E-state index contributed by atoms with van der Waals surface area (Å²) in [6.45, 7) is 5.83. The number of nitrogens with one attached hydrogen (secondary N) is 3. The molecule has 6 atom stereocenters. The van der Waals surface area contributed by atoms with Crippen LogP contribution in [0.4, 0.5) is 18.9 Å². The number of benzene rings is 1. The summed E-state index contributed by atoms with van der Waals surface area (Å²) >= 11 is 0. The Morgan fingerprint density at radius 2 is 2.00 bits per heavy atom. The molecule has 13 heteroatoms. The number of piperidine rings is 1. The highest BCUT2D eigenvalue weighted by Crippen LogP contribution is 2.40. The second-order valence-corrected chi connectivity index (χ2v) is 11.3. The van der Waals surface area contributed by atoms with E-state index in [1.807, 2.05) is 5.01 Å². The van der Waals surface area contributed by atoms with Gasteiger partial charge in [-0.25, -0.2) is 15.2 Å². The lowest BCUT2D eigenvalue weighted by Crippen LogP contribution is -2.63. The third kappa shape index (κ3) is 6.30. The van der Waals surface area contributed by atoms with Gasteiger partial charge in [-0.1, -0.05) is 12.1 Å². The topological polar surface area (TPSA) is 136 Å². The van der Waals surface area contributed by atoms with Crippen molar-refractivity contribution in [3.05, 3.63) is 29.8 Å². The van der Waals surface area contributed by atoms with Crippen molar-refractivity contribution < 1.29 is 37.3 Å². The van der Waals surface area contributed by atoms with E-state index in [-0.39, 0.29) is 30.5 Å². The number of ether oxygens (including phenoxy) is 2. The predicted molar refractivity (Wildman–Crippen MR) is 133 cm³/mol. The van der Waals surface area contributed by atoms with Gasteiger partial charge in [0.2, 0.25) is 5.91 Å². The molecule has 3 fully saturated rings. The maximum absolute atomic E-state index is 13.0. The molecule has 0 saturated carbocycles. The highest BCUT2D eigenvalue weighted by atomic mass is 19.4. The molecule has 1 aromatic rings. The van der Waals surface area contributed by atoms with Crippen molar-refractivity contribution in [1.29, 1.82) is 5.26 Å². The summed E-state index contributed by atoms with van der Waals surface area (Å²) in [5, 5.41) is 27.2. The molecule has 3 aliphatic heterocycles. The summed E-state index contributed by atoms with van der Waals surface area (Å²) in [7, 11) is 0. The van der Waals surface area contributed by atoms with Gasteiger partial charge in [0.1, 0.15) is 11.8 Å². The van der Waals surface area contributed by atoms with Gasteiger partial charge in [0, 0.05) is 18.3 Å². The molecule has 0 bridgehead atoms. The Balaban J connectivity index is 1.52. The van der Waals surface area contributed by atoms with Crippen molar-refractivity contribution in [3.63, 3.8) is 0 Å². The number of amides is 1. The van der Waals surface area contributed by atoms with Crippen molar-refractivity contribution in [1.82, 2.24) is 15.8 Å². The zero-order valence-electron chi connectivity index (χ0n) is 22.0. The van der Waals surface area contributed by atoms with Crippen molar-refractivity contribution in [2.24, 2.45) is 5.92 Å². The first-order chi connectivity index (χ1) is 18.2. The highest BCUT2D eigenvalue weighted by molar-refractivity contribution is 5.82. The summed E-state index contributed by atoms with van der Waals surface area (Å²) in [4.78, 5) is 25.5. The van der Waals surface area contributed by atoms with Crippen LogP contribution in [0.3, 0.4) is 0 Å². The van der Waals surface area contributed by atoms with Crippen molar-refractivity contribution in [2.45, 2.75) is 88.2 Å². The average Bonchev–Trinajstić information content (AvgIpc) is 3.23. The number of hydrogen-bond donors (Lipinski definition) is 4. The standard InChI is InChI=1S/C26H34F3N5O5/c1-24(2,3)39-23(37)18-8-10-25(11-12-30,14-38-18)34-17-9-13-31-22(36)19(17)21(33-34)32-16-6-4-15(5-7-16)20(35)26(27,28)29/h4-7,17-21,32-33,35H,8-11,13-14H2,1-3H3,(H,31,36)/t17?,18-,19?,20?,21?,25-/m0/s1. The number of halogens is 3. The molecule has 4 N–H and O–H groups in total. The third-order valence-electron chi connectivity index (χ3n) is 7.30. The number of nitriles is 1. The van der Waals surface area contributed by atoms with E-state index in [4.69, 9.17) is 9.47 Å². The van der Waals surface area contributed by atoms with Crippen LogP contribution in [0.5, 0.6) is 0 Å². The molecular formula is C26H34F3N5O5. The molecule has 39 heavy (non-hydrogen) atoms. The number of esters is 1. The van der Waals surface area contributed by atoms with Gasteiger partial charge in [-0.2, -0.15) is 18.4 Å². The molecular weight excluding hydrogens is 519 g/mol. The van der Waals surface area contributed by atoms with Crippen LogP contribution in [0.1, 0.15) is 58.1 Å². The fourth-order valence-corrected chi connectivity index (χ4v) is 5.47. The van der Waals surface area contributed by atoms with E-state index in [9.17, 15) is 33.1 Å². The Hall–Kier alpha value is -2.92. The summed E-state index contributed by atoms with van der Waals surface area (Å²) in [6.07, 6.45) is -7.31. The van der Waals surface area contributed by atoms with Crippen LogP contribution in [0.2, 0.25) is 0 Å². The predicted octanol–water partition coefficient (Wildman–Crippen LogP) is 2.52. The zero-order valence-corrected chi connectivity index (χ0v) is 22.0. The second kappa shape index (κ2) is 10.9. The van der Waals surface area contributed by atoms with Crippen LogP contribution in [0.15, 0.2) is 24.3 Å².